The lowest BCUT2D eigenvalue weighted by Crippen LogP contribution is -2.28. The van der Waals surface area contributed by atoms with Crippen LogP contribution in [0, 0.1) is 6.92 Å². The van der Waals surface area contributed by atoms with E-state index in [2.05, 4.69) is 4.98 Å². The summed E-state index contributed by atoms with van der Waals surface area (Å²) in [4.78, 5) is 3.96. The van der Waals surface area contributed by atoms with Crippen LogP contribution < -0.4 is 11.5 Å². The highest BCUT2D eigenvalue weighted by Crippen LogP contribution is 2.19. The molecule has 2 unspecified atom stereocenters. The molecule has 0 fully saturated rings. The van der Waals surface area contributed by atoms with Crippen LogP contribution in [0.4, 0.5) is 5.69 Å². The van der Waals surface area contributed by atoms with Gasteiger partial charge in [0, 0.05) is 6.54 Å². The summed E-state index contributed by atoms with van der Waals surface area (Å²) in [7, 11) is 0. The van der Waals surface area contributed by atoms with Crippen LogP contribution in [0.1, 0.15) is 17.4 Å². The maximum atomic E-state index is 9.63. The Morgan fingerprint density at radius 1 is 1.50 bits per heavy atom. The van der Waals surface area contributed by atoms with Crippen molar-refractivity contribution in [3.8, 4) is 0 Å². The van der Waals surface area contributed by atoms with Crippen LogP contribution in [0.2, 0.25) is 0 Å². The second-order valence-corrected chi connectivity index (χ2v) is 3.22. The van der Waals surface area contributed by atoms with Crippen molar-refractivity contribution in [1.82, 2.24) is 4.98 Å². The number of nitrogens with zero attached hydrogens (tertiary/aromatic N) is 1. The fourth-order valence-electron chi connectivity index (χ4n) is 1.23. The first kappa shape index (κ1) is 10.9. The molecule has 0 aromatic carbocycles. The smallest absolute Gasteiger partial charge is 0.123 e. The van der Waals surface area contributed by atoms with Crippen molar-refractivity contribution in [1.29, 1.82) is 0 Å². The lowest BCUT2D eigenvalue weighted by molar-refractivity contribution is 0.0213. The van der Waals surface area contributed by atoms with Crippen molar-refractivity contribution in [3.05, 3.63) is 23.5 Å². The molecule has 78 valence electrons. The number of hydrogen-bond donors (Lipinski definition) is 4. The minimum absolute atomic E-state index is 0.00728. The van der Waals surface area contributed by atoms with Crippen LogP contribution in [0.15, 0.2) is 12.3 Å². The molecule has 1 rings (SSSR count). The number of rotatable bonds is 3. The Labute approximate surface area is 82.4 Å². The summed E-state index contributed by atoms with van der Waals surface area (Å²) in [5.41, 5.74) is 12.4. The number of nitrogen functional groups attached to an aromatic ring is 1. The van der Waals surface area contributed by atoms with Crippen molar-refractivity contribution in [2.45, 2.75) is 19.1 Å². The third-order valence-corrected chi connectivity index (χ3v) is 2.03. The van der Waals surface area contributed by atoms with E-state index in [-0.39, 0.29) is 6.54 Å². The van der Waals surface area contributed by atoms with Gasteiger partial charge in [-0.15, -0.1) is 0 Å². The molecule has 0 spiro atoms. The highest BCUT2D eigenvalue weighted by Gasteiger charge is 2.19. The summed E-state index contributed by atoms with van der Waals surface area (Å²) in [5, 5.41) is 19.0. The molecule has 14 heavy (non-hydrogen) atoms. The number of hydrogen-bond acceptors (Lipinski definition) is 5. The zero-order valence-corrected chi connectivity index (χ0v) is 8.01. The molecule has 0 aliphatic heterocycles. The summed E-state index contributed by atoms with van der Waals surface area (Å²) in [6, 6.07) is 1.69. The van der Waals surface area contributed by atoms with Crippen LogP contribution >= 0.6 is 0 Å². The van der Waals surface area contributed by atoms with Gasteiger partial charge >= 0.3 is 0 Å². The fourth-order valence-corrected chi connectivity index (χ4v) is 1.23. The average Bonchev–Trinajstić information content (AvgIpc) is 2.15. The van der Waals surface area contributed by atoms with E-state index < -0.39 is 12.2 Å². The van der Waals surface area contributed by atoms with Crippen molar-refractivity contribution in [3.63, 3.8) is 0 Å². The van der Waals surface area contributed by atoms with Gasteiger partial charge in [-0.1, -0.05) is 0 Å². The Hall–Kier alpha value is -1.17. The first-order chi connectivity index (χ1) is 6.56. The Kier molecular flexibility index (Phi) is 3.40. The summed E-state index contributed by atoms with van der Waals surface area (Å²) in [6.45, 7) is 1.76. The molecule has 0 bridgehead atoms. The van der Waals surface area contributed by atoms with E-state index in [1.165, 1.54) is 6.20 Å². The topological polar surface area (TPSA) is 105 Å². The number of aliphatic hydroxyl groups is 2. The minimum atomic E-state index is -1.06. The second kappa shape index (κ2) is 4.36. The van der Waals surface area contributed by atoms with E-state index in [1.807, 2.05) is 0 Å². The first-order valence-electron chi connectivity index (χ1n) is 4.34. The number of pyridine rings is 1. The molecular formula is C9H15N3O2. The molecule has 6 N–H and O–H groups in total. The van der Waals surface area contributed by atoms with Gasteiger partial charge in [-0.3, -0.25) is 4.98 Å². The fraction of sp³-hybridized carbons (Fsp3) is 0.444. The van der Waals surface area contributed by atoms with E-state index >= 15 is 0 Å². The highest BCUT2D eigenvalue weighted by molar-refractivity contribution is 5.40. The molecule has 0 amide bonds. The molecule has 0 saturated heterocycles. The maximum absolute atomic E-state index is 9.63. The van der Waals surface area contributed by atoms with Gasteiger partial charge in [0.1, 0.15) is 6.10 Å². The summed E-state index contributed by atoms with van der Waals surface area (Å²) < 4.78 is 0. The van der Waals surface area contributed by atoms with Gasteiger partial charge in [-0.2, -0.15) is 0 Å². The lowest BCUT2D eigenvalue weighted by atomic mass is 10.1. The number of aryl methyl sites for hydroxylation is 1. The summed E-state index contributed by atoms with van der Waals surface area (Å²) in [5.74, 6) is 0. The largest absolute Gasteiger partial charge is 0.397 e. The van der Waals surface area contributed by atoms with Gasteiger partial charge in [0.25, 0.3) is 0 Å². The SMILES string of the molecule is Cc1cc(N)cnc1C(O)C(O)CN. The number of nitrogens with two attached hydrogens (primary N) is 2. The van der Waals surface area contributed by atoms with Crippen molar-refractivity contribution >= 4 is 5.69 Å². The molecule has 5 nitrogen and oxygen atoms in total. The number of aromatic nitrogens is 1. The van der Waals surface area contributed by atoms with Gasteiger partial charge in [0.2, 0.25) is 0 Å². The van der Waals surface area contributed by atoms with Gasteiger partial charge in [0.15, 0.2) is 0 Å². The number of anilines is 1. The van der Waals surface area contributed by atoms with Crippen LogP contribution in [-0.2, 0) is 0 Å². The molecule has 2 atom stereocenters. The molecule has 0 radical (unpaired) electrons. The van der Waals surface area contributed by atoms with Crippen molar-refractivity contribution in [2.24, 2.45) is 5.73 Å². The average molecular weight is 197 g/mol. The lowest BCUT2D eigenvalue weighted by Gasteiger charge is -2.17. The molecule has 0 aliphatic rings. The zero-order chi connectivity index (χ0) is 10.7. The van der Waals surface area contributed by atoms with E-state index in [0.717, 1.165) is 5.56 Å². The monoisotopic (exact) mass is 197 g/mol. The third kappa shape index (κ3) is 2.20. The van der Waals surface area contributed by atoms with Gasteiger partial charge < -0.3 is 21.7 Å². The third-order valence-electron chi connectivity index (χ3n) is 2.03. The summed E-state index contributed by atoms with van der Waals surface area (Å²) >= 11 is 0. The van der Waals surface area contributed by atoms with E-state index in [1.54, 1.807) is 13.0 Å². The van der Waals surface area contributed by atoms with Crippen LogP contribution in [-0.4, -0.2) is 27.8 Å². The maximum Gasteiger partial charge on any atom is 0.123 e. The highest BCUT2D eigenvalue weighted by atomic mass is 16.3. The van der Waals surface area contributed by atoms with Crippen LogP contribution in [0.3, 0.4) is 0 Å². The molecule has 1 aromatic rings. The first-order valence-corrected chi connectivity index (χ1v) is 4.34. The van der Waals surface area contributed by atoms with Crippen molar-refractivity contribution < 1.29 is 10.2 Å². The molecule has 0 aliphatic carbocycles. The standard InChI is InChI=1S/C9H15N3O2/c1-5-2-6(11)4-12-8(5)9(14)7(13)3-10/h2,4,7,9,13-14H,3,10-11H2,1H3. The Bertz CT molecular complexity index is 317. The van der Waals surface area contributed by atoms with E-state index in [4.69, 9.17) is 11.5 Å². The molecular weight excluding hydrogens is 182 g/mol. The Morgan fingerprint density at radius 2 is 2.14 bits per heavy atom. The molecule has 0 saturated carbocycles. The van der Waals surface area contributed by atoms with E-state index in [9.17, 15) is 10.2 Å². The minimum Gasteiger partial charge on any atom is -0.397 e. The zero-order valence-electron chi connectivity index (χ0n) is 8.01. The summed E-state index contributed by atoms with van der Waals surface area (Å²) in [6.07, 6.45) is -0.611. The number of aliphatic hydroxyl groups excluding tert-OH is 2. The molecule has 5 heteroatoms. The van der Waals surface area contributed by atoms with Crippen molar-refractivity contribution in [2.75, 3.05) is 12.3 Å². The van der Waals surface area contributed by atoms with Crippen LogP contribution in [0.5, 0.6) is 0 Å². The Balaban J connectivity index is 2.95. The second-order valence-electron chi connectivity index (χ2n) is 3.22. The predicted molar refractivity (Wildman–Crippen MR) is 53.4 cm³/mol. The molecule has 1 aromatic heterocycles. The van der Waals surface area contributed by atoms with Crippen LogP contribution in [0.25, 0.3) is 0 Å². The van der Waals surface area contributed by atoms with Gasteiger partial charge in [0.05, 0.1) is 23.7 Å². The quantitative estimate of drug-likeness (QED) is 0.514. The molecule has 1 heterocycles. The Morgan fingerprint density at radius 3 is 2.64 bits per heavy atom. The normalized spacial score (nSPS) is 15.1. The van der Waals surface area contributed by atoms with E-state index in [0.29, 0.717) is 11.4 Å². The van der Waals surface area contributed by atoms with Gasteiger partial charge in [-0.25, -0.2) is 0 Å². The van der Waals surface area contributed by atoms with Gasteiger partial charge in [-0.05, 0) is 18.6 Å². The predicted octanol–water partition coefficient (Wildman–Crippen LogP) is -0.675.